The summed E-state index contributed by atoms with van der Waals surface area (Å²) in [6.45, 7) is 3.20. The Labute approximate surface area is 110 Å². The third-order valence-corrected chi connectivity index (χ3v) is 5.01. The van der Waals surface area contributed by atoms with Crippen LogP contribution in [0.5, 0.6) is 0 Å². The number of carboxylic acid groups (broad SMARTS) is 1. The molecule has 2 aromatic rings. The number of fused-ring (bicyclic) bond motifs is 1. The van der Waals surface area contributed by atoms with Gasteiger partial charge < -0.3 is 9.52 Å². The molecular weight excluding hydrogens is 268 g/mol. The lowest BCUT2D eigenvalue weighted by molar-refractivity contribution is 0.0698. The van der Waals surface area contributed by atoms with E-state index in [0.29, 0.717) is 5.39 Å². The fourth-order valence-electron chi connectivity index (χ4n) is 1.72. The van der Waals surface area contributed by atoms with E-state index in [0.717, 1.165) is 0 Å². The second kappa shape index (κ2) is 4.70. The summed E-state index contributed by atoms with van der Waals surface area (Å²) in [7, 11) is -3.27. The van der Waals surface area contributed by atoms with Crippen molar-refractivity contribution in [1.29, 1.82) is 0 Å². The van der Waals surface area contributed by atoms with E-state index in [4.69, 9.17) is 9.52 Å². The summed E-state index contributed by atoms with van der Waals surface area (Å²) in [5.41, 5.74) is 0.245. The highest BCUT2D eigenvalue weighted by Gasteiger charge is 2.20. The maximum atomic E-state index is 11.8. The third kappa shape index (κ3) is 2.63. The summed E-state index contributed by atoms with van der Waals surface area (Å²) >= 11 is 0. The molecule has 0 amide bonds. The Hall–Kier alpha value is -1.82. The van der Waals surface area contributed by atoms with Crippen molar-refractivity contribution >= 4 is 26.8 Å². The van der Waals surface area contributed by atoms with Gasteiger partial charge in [-0.1, -0.05) is 12.1 Å². The van der Waals surface area contributed by atoms with Crippen LogP contribution in [0.25, 0.3) is 11.0 Å². The minimum absolute atomic E-state index is 0.0331. The monoisotopic (exact) mass is 282 g/mol. The molecule has 0 aliphatic heterocycles. The van der Waals surface area contributed by atoms with Crippen LogP contribution in [0.3, 0.4) is 0 Å². The number of carbonyl (C=O) groups is 1. The lowest BCUT2D eigenvalue weighted by Crippen LogP contribution is -2.15. The molecule has 0 atom stereocenters. The number of benzene rings is 1. The second-order valence-corrected chi connectivity index (χ2v) is 7.15. The molecule has 0 fully saturated rings. The van der Waals surface area contributed by atoms with E-state index in [9.17, 15) is 13.2 Å². The van der Waals surface area contributed by atoms with Crippen LogP contribution in [-0.4, -0.2) is 24.7 Å². The minimum atomic E-state index is -3.27. The van der Waals surface area contributed by atoms with Crippen molar-refractivity contribution in [3.05, 3.63) is 35.6 Å². The molecule has 0 saturated heterocycles. The van der Waals surface area contributed by atoms with Gasteiger partial charge in [-0.2, -0.15) is 0 Å². The van der Waals surface area contributed by atoms with Crippen LogP contribution in [0, 0.1) is 0 Å². The Kier molecular flexibility index (Phi) is 3.36. The molecule has 6 heteroatoms. The Morgan fingerprint density at radius 3 is 2.63 bits per heavy atom. The normalized spacial score (nSPS) is 12.2. The summed E-state index contributed by atoms with van der Waals surface area (Å²) in [6.07, 6.45) is 0. The number of rotatable bonds is 4. The molecule has 0 unspecified atom stereocenters. The van der Waals surface area contributed by atoms with E-state index in [-0.39, 0.29) is 22.7 Å². The van der Waals surface area contributed by atoms with Gasteiger partial charge in [-0.05, 0) is 26.0 Å². The molecule has 2 rings (SSSR count). The molecule has 0 aliphatic carbocycles. The zero-order valence-corrected chi connectivity index (χ0v) is 11.4. The van der Waals surface area contributed by atoms with Gasteiger partial charge in [-0.15, -0.1) is 0 Å². The average molecular weight is 282 g/mol. The molecule has 0 aliphatic rings. The van der Waals surface area contributed by atoms with Crippen molar-refractivity contribution in [2.24, 2.45) is 0 Å². The van der Waals surface area contributed by atoms with Gasteiger partial charge in [0.1, 0.15) is 22.7 Å². The van der Waals surface area contributed by atoms with Crippen LogP contribution in [0.1, 0.15) is 30.0 Å². The molecule has 1 N–H and O–H groups in total. The van der Waals surface area contributed by atoms with Crippen LogP contribution in [0.2, 0.25) is 0 Å². The fourth-order valence-corrected chi connectivity index (χ4v) is 2.59. The molecule has 1 aromatic heterocycles. The molecule has 0 radical (unpaired) electrons. The lowest BCUT2D eigenvalue weighted by Gasteiger charge is -2.04. The first-order valence-electron chi connectivity index (χ1n) is 5.77. The van der Waals surface area contributed by atoms with E-state index in [1.807, 2.05) is 0 Å². The molecule has 1 aromatic carbocycles. The van der Waals surface area contributed by atoms with Crippen LogP contribution in [0.4, 0.5) is 0 Å². The number of carboxylic acids is 1. The van der Waals surface area contributed by atoms with Crippen LogP contribution in [-0.2, 0) is 15.6 Å². The van der Waals surface area contributed by atoms with Crippen LogP contribution in [0.15, 0.2) is 28.7 Å². The predicted octanol–water partition coefficient (Wildman–Crippen LogP) is 2.45. The van der Waals surface area contributed by atoms with Gasteiger partial charge in [0.25, 0.3) is 0 Å². The van der Waals surface area contributed by atoms with E-state index in [1.54, 1.807) is 32.0 Å². The molecule has 102 valence electrons. The zero-order valence-electron chi connectivity index (χ0n) is 10.6. The number of hydrogen-bond acceptors (Lipinski definition) is 4. The van der Waals surface area contributed by atoms with Gasteiger partial charge in [-0.3, -0.25) is 0 Å². The van der Waals surface area contributed by atoms with Gasteiger partial charge in [0, 0.05) is 5.39 Å². The Bertz CT molecular complexity index is 725. The van der Waals surface area contributed by atoms with Gasteiger partial charge in [0.2, 0.25) is 0 Å². The number of sulfone groups is 1. The first-order valence-corrected chi connectivity index (χ1v) is 7.49. The van der Waals surface area contributed by atoms with Crippen molar-refractivity contribution in [3.8, 4) is 0 Å². The third-order valence-electron chi connectivity index (χ3n) is 2.89. The van der Waals surface area contributed by atoms with Crippen LogP contribution < -0.4 is 0 Å². The molecule has 0 bridgehead atoms. The summed E-state index contributed by atoms with van der Waals surface area (Å²) in [4.78, 5) is 11.0. The largest absolute Gasteiger partial charge is 0.478 e. The van der Waals surface area contributed by atoms with Gasteiger partial charge in [-0.25, -0.2) is 13.2 Å². The highest BCUT2D eigenvalue weighted by molar-refractivity contribution is 7.91. The molecule has 5 nitrogen and oxygen atoms in total. The Balaban J connectivity index is 2.49. The van der Waals surface area contributed by atoms with E-state index >= 15 is 0 Å². The fraction of sp³-hybridized carbons (Fsp3) is 0.308. The highest BCUT2D eigenvalue weighted by Crippen LogP contribution is 2.25. The zero-order chi connectivity index (χ0) is 14.2. The molecule has 19 heavy (non-hydrogen) atoms. The molecule has 0 saturated carbocycles. The van der Waals surface area contributed by atoms with Crippen molar-refractivity contribution in [1.82, 2.24) is 0 Å². The Morgan fingerprint density at radius 2 is 2.05 bits per heavy atom. The second-order valence-electron chi connectivity index (χ2n) is 4.60. The number of aromatic carboxylic acids is 1. The first kappa shape index (κ1) is 13.6. The number of hydrogen-bond donors (Lipinski definition) is 1. The van der Waals surface area contributed by atoms with E-state index in [2.05, 4.69) is 0 Å². The maximum Gasteiger partial charge on any atom is 0.339 e. The smallest absolute Gasteiger partial charge is 0.339 e. The Morgan fingerprint density at radius 1 is 1.37 bits per heavy atom. The SMILES string of the molecule is CC(C)S(=O)(=O)Cc1cc2cccc(C(=O)O)c2o1. The van der Waals surface area contributed by atoms with Crippen molar-refractivity contribution in [2.75, 3.05) is 0 Å². The summed E-state index contributed by atoms with van der Waals surface area (Å²) in [5.74, 6) is -1.06. The van der Waals surface area contributed by atoms with Gasteiger partial charge >= 0.3 is 5.97 Å². The summed E-state index contributed by atoms with van der Waals surface area (Å²) < 4.78 is 29.0. The van der Waals surface area contributed by atoms with E-state index in [1.165, 1.54) is 6.07 Å². The summed E-state index contributed by atoms with van der Waals surface area (Å²) in [6, 6.07) is 6.29. The van der Waals surface area contributed by atoms with Crippen molar-refractivity contribution in [3.63, 3.8) is 0 Å². The van der Waals surface area contributed by atoms with Crippen LogP contribution >= 0.6 is 0 Å². The summed E-state index contributed by atoms with van der Waals surface area (Å²) in [5, 5.41) is 9.13. The molecule has 1 heterocycles. The van der Waals surface area contributed by atoms with Gasteiger partial charge in [0.15, 0.2) is 9.84 Å². The first-order chi connectivity index (χ1) is 8.81. The minimum Gasteiger partial charge on any atom is -0.478 e. The average Bonchev–Trinajstić information content (AvgIpc) is 2.69. The quantitative estimate of drug-likeness (QED) is 0.931. The molecular formula is C13H14O5S. The topological polar surface area (TPSA) is 84.6 Å². The standard InChI is InChI=1S/C13H14O5S/c1-8(2)19(16,17)7-10-6-9-4-3-5-11(13(14)15)12(9)18-10/h3-6,8H,7H2,1-2H3,(H,14,15). The number of para-hydroxylation sites is 1. The number of furan rings is 1. The predicted molar refractivity (Wildman–Crippen MR) is 70.9 cm³/mol. The lowest BCUT2D eigenvalue weighted by atomic mass is 10.1. The van der Waals surface area contributed by atoms with Gasteiger partial charge in [0.05, 0.1) is 5.25 Å². The maximum absolute atomic E-state index is 11.8. The molecule has 0 spiro atoms. The van der Waals surface area contributed by atoms with Crippen molar-refractivity contribution < 1.29 is 22.7 Å². The van der Waals surface area contributed by atoms with Crippen molar-refractivity contribution in [2.45, 2.75) is 24.9 Å². The van der Waals surface area contributed by atoms with E-state index < -0.39 is 21.1 Å². The highest BCUT2D eigenvalue weighted by atomic mass is 32.2.